The molecule has 0 saturated heterocycles. The van der Waals surface area contributed by atoms with E-state index in [0.717, 1.165) is 11.3 Å². The van der Waals surface area contributed by atoms with Crippen molar-refractivity contribution in [3.63, 3.8) is 0 Å². The number of aromatic amines is 1. The first-order valence-corrected chi connectivity index (χ1v) is 9.27. The molecule has 1 amide bonds. The molecule has 4 rings (SSSR count). The number of aromatic nitrogens is 5. The minimum Gasteiger partial charge on any atom is -0.497 e. The molecule has 0 fully saturated rings. The number of fused-ring (bicyclic) bond motifs is 1. The lowest BCUT2D eigenvalue weighted by Gasteiger charge is -2.04. The van der Waals surface area contributed by atoms with Crippen molar-refractivity contribution in [1.82, 2.24) is 24.7 Å². The van der Waals surface area contributed by atoms with Gasteiger partial charge in [0.2, 0.25) is 11.9 Å². The molecule has 0 atom stereocenters. The molecule has 0 spiro atoms. The summed E-state index contributed by atoms with van der Waals surface area (Å²) in [6, 6.07) is 9.36. The van der Waals surface area contributed by atoms with E-state index in [1.54, 1.807) is 18.6 Å². The molecule has 3 aromatic heterocycles. The molecule has 9 nitrogen and oxygen atoms in total. The Morgan fingerprint density at radius 3 is 2.89 bits per heavy atom. The van der Waals surface area contributed by atoms with Crippen molar-refractivity contribution >= 4 is 33.4 Å². The number of hydrogen-bond donors (Lipinski definition) is 2. The molecule has 1 aromatic carbocycles. The average Bonchev–Trinajstić information content (AvgIpc) is 3.34. The van der Waals surface area contributed by atoms with Gasteiger partial charge in [-0.2, -0.15) is 4.98 Å². The number of thiophene rings is 1. The number of benzene rings is 1. The van der Waals surface area contributed by atoms with E-state index >= 15 is 0 Å². The molecular formula is C18H16N6O3S. The Kier molecular flexibility index (Phi) is 4.85. The van der Waals surface area contributed by atoms with Gasteiger partial charge in [-0.1, -0.05) is 12.1 Å². The smallest absolute Gasteiger partial charge is 0.271 e. The molecule has 142 valence electrons. The highest BCUT2D eigenvalue weighted by molar-refractivity contribution is 7.17. The van der Waals surface area contributed by atoms with Crippen molar-refractivity contribution in [3.05, 3.63) is 63.8 Å². The van der Waals surface area contributed by atoms with Crippen LogP contribution in [-0.2, 0) is 17.8 Å². The van der Waals surface area contributed by atoms with Crippen LogP contribution in [0.4, 0.5) is 5.95 Å². The quantitative estimate of drug-likeness (QED) is 0.514. The first-order valence-electron chi connectivity index (χ1n) is 8.39. The van der Waals surface area contributed by atoms with E-state index in [-0.39, 0.29) is 18.1 Å². The van der Waals surface area contributed by atoms with Crippen molar-refractivity contribution < 1.29 is 9.53 Å². The van der Waals surface area contributed by atoms with Crippen LogP contribution in [0.1, 0.15) is 11.4 Å². The maximum absolute atomic E-state index is 12.3. The maximum Gasteiger partial charge on any atom is 0.271 e. The van der Waals surface area contributed by atoms with E-state index in [1.165, 1.54) is 22.2 Å². The van der Waals surface area contributed by atoms with Gasteiger partial charge in [0.15, 0.2) is 0 Å². The monoisotopic (exact) mass is 396 g/mol. The second kappa shape index (κ2) is 7.61. The highest BCUT2D eigenvalue weighted by Crippen LogP contribution is 2.14. The van der Waals surface area contributed by atoms with E-state index < -0.39 is 5.91 Å². The van der Waals surface area contributed by atoms with E-state index in [0.29, 0.717) is 22.5 Å². The van der Waals surface area contributed by atoms with Crippen LogP contribution in [0, 0.1) is 0 Å². The SMILES string of the molecule is COc1ccc(Cc2nc(NC(=O)Cn3cnc4ccsc4c3=O)n[nH]2)cc1. The molecule has 0 aliphatic rings. The van der Waals surface area contributed by atoms with Crippen molar-refractivity contribution in [2.45, 2.75) is 13.0 Å². The fourth-order valence-corrected chi connectivity index (χ4v) is 3.47. The third-order valence-electron chi connectivity index (χ3n) is 4.06. The summed E-state index contributed by atoms with van der Waals surface area (Å²) in [5.74, 6) is 1.14. The van der Waals surface area contributed by atoms with Gasteiger partial charge in [0.1, 0.15) is 22.8 Å². The molecule has 10 heteroatoms. The van der Waals surface area contributed by atoms with E-state index in [1.807, 2.05) is 24.3 Å². The Hall–Kier alpha value is -3.53. The van der Waals surface area contributed by atoms with Crippen molar-refractivity contribution in [2.24, 2.45) is 0 Å². The molecular weight excluding hydrogens is 380 g/mol. The van der Waals surface area contributed by atoms with Gasteiger partial charge in [-0.15, -0.1) is 16.4 Å². The minimum atomic E-state index is -0.408. The highest BCUT2D eigenvalue weighted by atomic mass is 32.1. The molecule has 0 radical (unpaired) electrons. The fourth-order valence-electron chi connectivity index (χ4n) is 2.68. The van der Waals surface area contributed by atoms with Crippen molar-refractivity contribution in [2.75, 3.05) is 12.4 Å². The normalized spacial score (nSPS) is 10.9. The fraction of sp³-hybridized carbons (Fsp3) is 0.167. The van der Waals surface area contributed by atoms with Crippen LogP contribution < -0.4 is 15.6 Å². The van der Waals surface area contributed by atoms with Gasteiger partial charge in [0.25, 0.3) is 5.56 Å². The lowest BCUT2D eigenvalue weighted by atomic mass is 10.1. The topological polar surface area (TPSA) is 115 Å². The molecule has 0 saturated carbocycles. The van der Waals surface area contributed by atoms with Gasteiger partial charge in [0, 0.05) is 6.42 Å². The molecule has 0 bridgehead atoms. The number of amides is 1. The standard InChI is InChI=1S/C18H16N6O3S/c1-27-12-4-2-11(3-5-12)8-14-20-18(23-22-14)21-15(25)9-24-10-19-13-6-7-28-16(13)17(24)26/h2-7,10H,8-9H2,1H3,(H2,20,21,22,23,25). The number of nitrogens with one attached hydrogen (secondary N) is 2. The number of carbonyl (C=O) groups is 1. The van der Waals surface area contributed by atoms with Crippen LogP contribution in [0.15, 0.2) is 46.8 Å². The van der Waals surface area contributed by atoms with Crippen LogP contribution in [0.3, 0.4) is 0 Å². The van der Waals surface area contributed by atoms with Crippen LogP contribution in [0.2, 0.25) is 0 Å². The molecule has 3 heterocycles. The van der Waals surface area contributed by atoms with Gasteiger partial charge in [0.05, 0.1) is 19.0 Å². The van der Waals surface area contributed by atoms with Gasteiger partial charge in [-0.25, -0.2) is 4.98 Å². The molecule has 28 heavy (non-hydrogen) atoms. The second-order valence-electron chi connectivity index (χ2n) is 5.99. The molecule has 0 aliphatic carbocycles. The van der Waals surface area contributed by atoms with E-state index in [9.17, 15) is 9.59 Å². The van der Waals surface area contributed by atoms with Crippen LogP contribution in [-0.4, -0.2) is 37.7 Å². The van der Waals surface area contributed by atoms with E-state index in [2.05, 4.69) is 25.5 Å². The summed E-state index contributed by atoms with van der Waals surface area (Å²) in [5, 5.41) is 11.2. The zero-order valence-corrected chi connectivity index (χ0v) is 15.7. The van der Waals surface area contributed by atoms with Gasteiger partial charge in [-0.3, -0.25) is 24.6 Å². The Labute approximate surface area is 163 Å². The average molecular weight is 396 g/mol. The number of methoxy groups -OCH3 is 1. The zero-order valence-electron chi connectivity index (χ0n) is 14.9. The van der Waals surface area contributed by atoms with Gasteiger partial charge < -0.3 is 4.74 Å². The first kappa shape index (κ1) is 17.9. The summed E-state index contributed by atoms with van der Waals surface area (Å²) >= 11 is 1.30. The summed E-state index contributed by atoms with van der Waals surface area (Å²) in [4.78, 5) is 33.0. The number of H-pyrrole nitrogens is 1. The predicted octanol–water partition coefficient (Wildman–Crippen LogP) is 1.81. The predicted molar refractivity (Wildman–Crippen MR) is 105 cm³/mol. The highest BCUT2D eigenvalue weighted by Gasteiger charge is 2.12. The molecule has 4 aromatic rings. The number of ether oxygens (including phenoxy) is 1. The summed E-state index contributed by atoms with van der Waals surface area (Å²) in [6.07, 6.45) is 1.90. The van der Waals surface area contributed by atoms with E-state index in [4.69, 9.17) is 4.74 Å². The number of nitrogens with zero attached hydrogens (tertiary/aromatic N) is 4. The molecule has 0 unspecified atom stereocenters. The second-order valence-corrected chi connectivity index (χ2v) is 6.91. The van der Waals surface area contributed by atoms with Gasteiger partial charge in [-0.05, 0) is 29.1 Å². The third kappa shape index (κ3) is 3.76. The Morgan fingerprint density at radius 2 is 2.11 bits per heavy atom. The number of rotatable bonds is 6. The lowest BCUT2D eigenvalue weighted by Crippen LogP contribution is -2.27. The number of hydrogen-bond acceptors (Lipinski definition) is 7. The summed E-state index contributed by atoms with van der Waals surface area (Å²) in [6.45, 7) is -0.165. The summed E-state index contributed by atoms with van der Waals surface area (Å²) < 4.78 is 6.92. The maximum atomic E-state index is 12.3. The van der Waals surface area contributed by atoms with Crippen molar-refractivity contribution in [3.8, 4) is 5.75 Å². The largest absolute Gasteiger partial charge is 0.497 e. The number of anilines is 1. The van der Waals surface area contributed by atoms with Crippen LogP contribution >= 0.6 is 11.3 Å². The third-order valence-corrected chi connectivity index (χ3v) is 4.95. The summed E-state index contributed by atoms with van der Waals surface area (Å²) in [7, 11) is 1.61. The first-order chi connectivity index (χ1) is 13.6. The molecule has 0 aliphatic heterocycles. The zero-order chi connectivity index (χ0) is 19.5. The Balaban J connectivity index is 1.40. The molecule has 2 N–H and O–H groups in total. The van der Waals surface area contributed by atoms with Crippen LogP contribution in [0.25, 0.3) is 10.2 Å². The Bertz CT molecular complexity index is 1180. The number of carbonyl (C=O) groups excluding carboxylic acids is 1. The van der Waals surface area contributed by atoms with Gasteiger partial charge >= 0.3 is 0 Å². The lowest BCUT2D eigenvalue weighted by molar-refractivity contribution is -0.116. The Morgan fingerprint density at radius 1 is 1.29 bits per heavy atom. The van der Waals surface area contributed by atoms with Crippen molar-refractivity contribution in [1.29, 1.82) is 0 Å². The van der Waals surface area contributed by atoms with Crippen LogP contribution in [0.5, 0.6) is 5.75 Å². The minimum absolute atomic E-state index is 0.159. The summed E-state index contributed by atoms with van der Waals surface area (Å²) in [5.41, 5.74) is 1.41.